The van der Waals surface area contributed by atoms with Crippen molar-refractivity contribution in [2.45, 2.75) is 6.42 Å². The number of rotatable bonds is 4. The second kappa shape index (κ2) is 5.19. The van der Waals surface area contributed by atoms with Crippen molar-refractivity contribution in [1.29, 1.82) is 0 Å². The first-order valence-electron chi connectivity index (χ1n) is 4.74. The van der Waals surface area contributed by atoms with Gasteiger partial charge in [0.2, 0.25) is 0 Å². The largest absolute Gasteiger partial charge is 0.493 e. The highest BCUT2D eigenvalue weighted by atomic mass is 35.5. The van der Waals surface area contributed by atoms with Crippen LogP contribution in [0.1, 0.15) is 5.56 Å². The zero-order valence-electron chi connectivity index (χ0n) is 8.15. The Kier molecular flexibility index (Phi) is 3.64. The summed E-state index contributed by atoms with van der Waals surface area (Å²) in [5.74, 6) is 0.870. The molecular weight excluding hydrogens is 228 g/mol. The third kappa shape index (κ3) is 3.26. The van der Waals surface area contributed by atoms with Crippen molar-refractivity contribution < 1.29 is 4.74 Å². The number of benzene rings is 1. The maximum Gasteiger partial charge on any atom is 0.119 e. The second-order valence-electron chi connectivity index (χ2n) is 3.18. The number of hydrogen-bond acceptors (Lipinski definition) is 2. The summed E-state index contributed by atoms with van der Waals surface area (Å²) < 4.78 is 5.58. The van der Waals surface area contributed by atoms with Crippen molar-refractivity contribution in [3.63, 3.8) is 0 Å². The van der Waals surface area contributed by atoms with Crippen LogP contribution in [0.5, 0.6) is 5.75 Å². The van der Waals surface area contributed by atoms with Gasteiger partial charge in [-0.3, -0.25) is 0 Å². The zero-order valence-corrected chi connectivity index (χ0v) is 9.72. The minimum absolute atomic E-state index is 0.707. The Morgan fingerprint density at radius 1 is 1.13 bits per heavy atom. The maximum atomic E-state index is 5.77. The van der Waals surface area contributed by atoms with Crippen LogP contribution < -0.4 is 4.74 Å². The van der Waals surface area contributed by atoms with Crippen molar-refractivity contribution in [2.75, 3.05) is 6.61 Å². The number of thiophene rings is 1. The molecule has 0 fully saturated rings. The van der Waals surface area contributed by atoms with E-state index >= 15 is 0 Å². The number of halogens is 1. The normalized spacial score (nSPS) is 10.2. The molecule has 1 nitrogen and oxygen atoms in total. The summed E-state index contributed by atoms with van der Waals surface area (Å²) >= 11 is 7.49. The van der Waals surface area contributed by atoms with E-state index in [1.165, 1.54) is 5.56 Å². The monoisotopic (exact) mass is 238 g/mol. The smallest absolute Gasteiger partial charge is 0.119 e. The first kappa shape index (κ1) is 10.5. The zero-order chi connectivity index (χ0) is 10.5. The van der Waals surface area contributed by atoms with E-state index in [-0.39, 0.29) is 0 Å². The molecule has 0 aliphatic carbocycles. The van der Waals surface area contributed by atoms with Crippen molar-refractivity contribution >= 4 is 22.9 Å². The predicted molar refractivity (Wildman–Crippen MR) is 65.0 cm³/mol. The third-order valence-electron chi connectivity index (χ3n) is 2.05. The van der Waals surface area contributed by atoms with E-state index in [4.69, 9.17) is 16.3 Å². The molecule has 2 aromatic rings. The van der Waals surface area contributed by atoms with Gasteiger partial charge in [0, 0.05) is 11.4 Å². The Morgan fingerprint density at radius 2 is 1.93 bits per heavy atom. The fraction of sp³-hybridized carbons (Fsp3) is 0.167. The highest BCUT2D eigenvalue weighted by Gasteiger charge is 1.95. The number of hydrogen-bond donors (Lipinski definition) is 0. The molecule has 0 saturated heterocycles. The fourth-order valence-electron chi connectivity index (χ4n) is 1.25. The average Bonchev–Trinajstić information content (AvgIpc) is 2.74. The Morgan fingerprint density at radius 3 is 2.60 bits per heavy atom. The maximum absolute atomic E-state index is 5.77. The molecule has 15 heavy (non-hydrogen) atoms. The van der Waals surface area contributed by atoms with Gasteiger partial charge in [-0.2, -0.15) is 11.3 Å². The highest BCUT2D eigenvalue weighted by molar-refractivity contribution is 7.07. The van der Waals surface area contributed by atoms with Crippen molar-refractivity contribution in [1.82, 2.24) is 0 Å². The molecule has 2 rings (SSSR count). The molecule has 78 valence electrons. The Hall–Kier alpha value is -0.990. The van der Waals surface area contributed by atoms with Gasteiger partial charge in [0.15, 0.2) is 0 Å². The van der Waals surface area contributed by atoms with E-state index in [9.17, 15) is 0 Å². The van der Waals surface area contributed by atoms with Crippen molar-refractivity contribution in [2.24, 2.45) is 0 Å². The van der Waals surface area contributed by atoms with Crippen LogP contribution in [-0.2, 0) is 6.42 Å². The van der Waals surface area contributed by atoms with Crippen LogP contribution in [0.4, 0.5) is 0 Å². The van der Waals surface area contributed by atoms with Crippen LogP contribution in [-0.4, -0.2) is 6.61 Å². The third-order valence-corrected chi connectivity index (χ3v) is 3.04. The molecular formula is C12H11ClOS. The van der Waals surface area contributed by atoms with E-state index in [0.29, 0.717) is 6.61 Å². The summed E-state index contributed by atoms with van der Waals surface area (Å²) in [6.45, 7) is 0.707. The SMILES string of the molecule is Clc1ccc(OCCc2ccsc2)cc1. The van der Waals surface area contributed by atoms with Crippen LogP contribution in [0.15, 0.2) is 41.1 Å². The molecule has 0 bridgehead atoms. The molecule has 1 aromatic carbocycles. The molecule has 1 heterocycles. The standard InChI is InChI=1S/C12H11ClOS/c13-11-1-3-12(4-2-11)14-7-5-10-6-8-15-9-10/h1-4,6,8-9H,5,7H2. The van der Waals surface area contributed by atoms with E-state index in [1.54, 1.807) is 11.3 Å². The van der Waals surface area contributed by atoms with Gasteiger partial charge >= 0.3 is 0 Å². The Balaban J connectivity index is 1.81. The first-order valence-corrected chi connectivity index (χ1v) is 6.06. The van der Waals surface area contributed by atoms with E-state index in [2.05, 4.69) is 16.8 Å². The summed E-state index contributed by atoms with van der Waals surface area (Å²) in [7, 11) is 0. The molecule has 0 aliphatic rings. The molecule has 0 aliphatic heterocycles. The van der Waals surface area contributed by atoms with Crippen LogP contribution in [0.2, 0.25) is 5.02 Å². The molecule has 0 amide bonds. The summed E-state index contributed by atoms with van der Waals surface area (Å²) in [5.41, 5.74) is 1.33. The lowest BCUT2D eigenvalue weighted by Crippen LogP contribution is -2.00. The van der Waals surface area contributed by atoms with Crippen molar-refractivity contribution in [3.8, 4) is 5.75 Å². The van der Waals surface area contributed by atoms with Crippen LogP contribution in [0, 0.1) is 0 Å². The Labute approximate surface area is 98.3 Å². The molecule has 3 heteroatoms. The quantitative estimate of drug-likeness (QED) is 0.782. The molecule has 0 N–H and O–H groups in total. The van der Waals surface area contributed by atoms with Gasteiger partial charge in [0.1, 0.15) is 5.75 Å². The minimum atomic E-state index is 0.707. The van der Waals surface area contributed by atoms with Crippen LogP contribution >= 0.6 is 22.9 Å². The molecule has 1 aromatic heterocycles. The van der Waals surface area contributed by atoms with Crippen molar-refractivity contribution in [3.05, 3.63) is 51.7 Å². The minimum Gasteiger partial charge on any atom is -0.493 e. The van der Waals surface area contributed by atoms with Gasteiger partial charge in [0.25, 0.3) is 0 Å². The molecule has 0 atom stereocenters. The van der Waals surface area contributed by atoms with Gasteiger partial charge in [-0.15, -0.1) is 0 Å². The van der Waals surface area contributed by atoms with Crippen LogP contribution in [0.3, 0.4) is 0 Å². The first-order chi connectivity index (χ1) is 7.34. The predicted octanol–water partition coefficient (Wildman–Crippen LogP) is 4.02. The summed E-state index contributed by atoms with van der Waals surface area (Å²) in [5, 5.41) is 4.96. The lowest BCUT2D eigenvalue weighted by molar-refractivity contribution is 0.322. The van der Waals surface area contributed by atoms with E-state index in [0.717, 1.165) is 17.2 Å². The van der Waals surface area contributed by atoms with E-state index < -0.39 is 0 Å². The van der Waals surface area contributed by atoms with Gasteiger partial charge < -0.3 is 4.74 Å². The summed E-state index contributed by atoms with van der Waals surface area (Å²) in [4.78, 5) is 0. The Bertz CT molecular complexity index is 394. The van der Waals surface area contributed by atoms with E-state index in [1.807, 2.05) is 24.3 Å². The number of ether oxygens (including phenoxy) is 1. The summed E-state index contributed by atoms with van der Waals surface area (Å²) in [6, 6.07) is 9.56. The van der Waals surface area contributed by atoms with Gasteiger partial charge in [-0.05, 0) is 46.7 Å². The molecule has 0 radical (unpaired) electrons. The van der Waals surface area contributed by atoms with Gasteiger partial charge in [-0.1, -0.05) is 11.6 Å². The summed E-state index contributed by atoms with van der Waals surface area (Å²) in [6.07, 6.45) is 0.951. The molecule has 0 saturated carbocycles. The van der Waals surface area contributed by atoms with Gasteiger partial charge in [-0.25, -0.2) is 0 Å². The van der Waals surface area contributed by atoms with Crippen LogP contribution in [0.25, 0.3) is 0 Å². The lowest BCUT2D eigenvalue weighted by atomic mass is 10.2. The molecule has 0 unspecified atom stereocenters. The highest BCUT2D eigenvalue weighted by Crippen LogP contribution is 2.16. The fourth-order valence-corrected chi connectivity index (χ4v) is 2.08. The molecule has 0 spiro atoms. The average molecular weight is 239 g/mol. The lowest BCUT2D eigenvalue weighted by Gasteiger charge is -2.04. The topological polar surface area (TPSA) is 9.23 Å². The second-order valence-corrected chi connectivity index (χ2v) is 4.40. The van der Waals surface area contributed by atoms with Gasteiger partial charge in [0.05, 0.1) is 6.61 Å².